The van der Waals surface area contributed by atoms with Crippen LogP contribution in [0.3, 0.4) is 0 Å². The molecule has 5 nitrogen and oxygen atoms in total. The molecule has 6 heteroatoms. The Labute approximate surface area is 103 Å². The van der Waals surface area contributed by atoms with Crippen LogP contribution in [-0.2, 0) is 0 Å². The van der Waals surface area contributed by atoms with Gasteiger partial charge in [-0.1, -0.05) is 0 Å². The van der Waals surface area contributed by atoms with Gasteiger partial charge < -0.3 is 0 Å². The van der Waals surface area contributed by atoms with E-state index in [1.165, 1.54) is 11.8 Å². The van der Waals surface area contributed by atoms with Crippen LogP contribution in [0.1, 0.15) is 17.1 Å². The van der Waals surface area contributed by atoms with Gasteiger partial charge in [-0.3, -0.25) is 0 Å². The Hall–Kier alpha value is -2.00. The highest BCUT2D eigenvalue weighted by atomic mass is 32.2. The van der Waals surface area contributed by atoms with Crippen molar-refractivity contribution in [2.45, 2.75) is 24.2 Å². The normalized spacial score (nSPS) is 9.94. The first kappa shape index (κ1) is 11.5. The number of nitriles is 1. The predicted molar refractivity (Wildman–Crippen MR) is 62.4 cm³/mol. The van der Waals surface area contributed by atoms with Gasteiger partial charge in [0.05, 0.1) is 0 Å². The molecule has 0 unspecified atom stereocenters. The van der Waals surface area contributed by atoms with Crippen molar-refractivity contribution >= 4 is 11.8 Å². The number of nitrogens with zero attached hydrogens (tertiary/aromatic N) is 5. The molecule has 2 aromatic rings. The monoisotopic (exact) mass is 243 g/mol. The van der Waals surface area contributed by atoms with E-state index < -0.39 is 0 Å². The molecule has 2 rings (SSSR count). The maximum absolute atomic E-state index is 8.82. The number of rotatable bonds is 2. The summed E-state index contributed by atoms with van der Waals surface area (Å²) in [5.41, 5.74) is 2.00. The Morgan fingerprint density at radius 3 is 2.59 bits per heavy atom. The van der Waals surface area contributed by atoms with Gasteiger partial charge in [-0.2, -0.15) is 5.26 Å². The van der Waals surface area contributed by atoms with Crippen molar-refractivity contribution in [3.63, 3.8) is 0 Å². The highest BCUT2D eigenvalue weighted by molar-refractivity contribution is 7.99. The third-order valence-electron chi connectivity index (χ3n) is 1.90. The van der Waals surface area contributed by atoms with Crippen molar-refractivity contribution in [2.24, 2.45) is 0 Å². The van der Waals surface area contributed by atoms with Crippen LogP contribution in [0.5, 0.6) is 0 Å². The zero-order valence-corrected chi connectivity index (χ0v) is 10.2. The first-order valence-corrected chi connectivity index (χ1v) is 5.72. The second-order valence-electron chi connectivity index (χ2n) is 3.37. The zero-order valence-electron chi connectivity index (χ0n) is 9.38. The molecule has 0 radical (unpaired) electrons. The molecule has 0 saturated heterocycles. The largest absolute Gasteiger partial charge is 0.231 e. The molecule has 0 aliphatic heterocycles. The SMILES string of the molecule is Cc1ccnc(Sc2nc(C)cc(C#N)n2)n1. The molecule has 0 N–H and O–H groups in total. The van der Waals surface area contributed by atoms with Crippen LogP contribution < -0.4 is 0 Å². The zero-order chi connectivity index (χ0) is 12.3. The maximum atomic E-state index is 8.82. The summed E-state index contributed by atoms with van der Waals surface area (Å²) in [5.74, 6) is 0. The molecular formula is C11H9N5S. The van der Waals surface area contributed by atoms with E-state index in [2.05, 4.69) is 19.9 Å². The molecule has 0 atom stereocenters. The average molecular weight is 243 g/mol. The van der Waals surface area contributed by atoms with E-state index in [1.807, 2.05) is 26.0 Å². The minimum Gasteiger partial charge on any atom is -0.231 e. The van der Waals surface area contributed by atoms with Crippen LogP contribution >= 0.6 is 11.8 Å². The van der Waals surface area contributed by atoms with Gasteiger partial charge >= 0.3 is 0 Å². The number of hydrogen-bond acceptors (Lipinski definition) is 6. The van der Waals surface area contributed by atoms with E-state index in [4.69, 9.17) is 5.26 Å². The lowest BCUT2D eigenvalue weighted by molar-refractivity contribution is 0.890. The fraction of sp³-hybridized carbons (Fsp3) is 0.182. The molecule has 0 spiro atoms. The van der Waals surface area contributed by atoms with Gasteiger partial charge in [0.1, 0.15) is 11.8 Å². The minimum absolute atomic E-state index is 0.354. The van der Waals surface area contributed by atoms with E-state index in [-0.39, 0.29) is 0 Å². The second-order valence-corrected chi connectivity index (χ2v) is 4.31. The molecule has 0 fully saturated rings. The molecule has 84 valence electrons. The molecular weight excluding hydrogens is 234 g/mol. The van der Waals surface area contributed by atoms with Crippen LogP contribution in [0.15, 0.2) is 28.6 Å². The van der Waals surface area contributed by atoms with Crippen molar-refractivity contribution < 1.29 is 0 Å². The Kier molecular flexibility index (Phi) is 3.30. The average Bonchev–Trinajstić information content (AvgIpc) is 2.28. The number of hydrogen-bond donors (Lipinski definition) is 0. The van der Waals surface area contributed by atoms with Crippen LogP contribution in [0.4, 0.5) is 0 Å². The van der Waals surface area contributed by atoms with Crippen LogP contribution in [0.2, 0.25) is 0 Å². The summed E-state index contributed by atoms with van der Waals surface area (Å²) in [4.78, 5) is 16.7. The Morgan fingerprint density at radius 1 is 1.12 bits per heavy atom. The summed E-state index contributed by atoms with van der Waals surface area (Å²) in [7, 11) is 0. The van der Waals surface area contributed by atoms with Gasteiger partial charge in [0, 0.05) is 17.6 Å². The first-order valence-electron chi connectivity index (χ1n) is 4.90. The molecule has 0 aromatic carbocycles. The van der Waals surface area contributed by atoms with Crippen LogP contribution in [-0.4, -0.2) is 19.9 Å². The predicted octanol–water partition coefficient (Wildman–Crippen LogP) is 1.91. The van der Waals surface area contributed by atoms with Crippen molar-refractivity contribution in [3.8, 4) is 6.07 Å². The lowest BCUT2D eigenvalue weighted by atomic mass is 10.4. The smallest absolute Gasteiger partial charge is 0.196 e. The highest BCUT2D eigenvalue weighted by Crippen LogP contribution is 2.21. The summed E-state index contributed by atoms with van der Waals surface area (Å²) in [5, 5.41) is 9.89. The lowest BCUT2D eigenvalue weighted by Crippen LogP contribution is -1.95. The second kappa shape index (κ2) is 4.89. The van der Waals surface area contributed by atoms with Gasteiger partial charge in [0.15, 0.2) is 10.3 Å². The van der Waals surface area contributed by atoms with Crippen LogP contribution in [0, 0.1) is 25.2 Å². The third-order valence-corrected chi connectivity index (χ3v) is 2.65. The Balaban J connectivity index is 2.30. The fourth-order valence-electron chi connectivity index (χ4n) is 1.20. The third kappa shape index (κ3) is 2.98. The van der Waals surface area contributed by atoms with E-state index in [9.17, 15) is 0 Å². The van der Waals surface area contributed by atoms with Crippen molar-refractivity contribution in [1.82, 2.24) is 19.9 Å². The fourth-order valence-corrected chi connectivity index (χ4v) is 2.00. The summed E-state index contributed by atoms with van der Waals surface area (Å²) in [6.07, 6.45) is 1.69. The van der Waals surface area contributed by atoms with Crippen molar-refractivity contribution in [3.05, 3.63) is 35.4 Å². The standard InChI is InChI=1S/C11H9N5S/c1-7-3-4-13-10(14-7)17-11-15-8(2)5-9(6-12)16-11/h3-5H,1-2H3. The summed E-state index contributed by atoms with van der Waals surface area (Å²) in [6.45, 7) is 3.72. The van der Waals surface area contributed by atoms with Gasteiger partial charge in [0.25, 0.3) is 0 Å². The lowest BCUT2D eigenvalue weighted by Gasteiger charge is -2.01. The van der Waals surface area contributed by atoms with E-state index in [1.54, 1.807) is 12.3 Å². The van der Waals surface area contributed by atoms with Crippen molar-refractivity contribution in [2.75, 3.05) is 0 Å². The molecule has 2 heterocycles. The quantitative estimate of drug-likeness (QED) is 0.750. The van der Waals surface area contributed by atoms with Gasteiger partial charge in [-0.15, -0.1) is 0 Å². The molecule has 0 saturated carbocycles. The Bertz CT molecular complexity index is 591. The number of aromatic nitrogens is 4. The van der Waals surface area contributed by atoms with Gasteiger partial charge in [-0.05, 0) is 37.7 Å². The van der Waals surface area contributed by atoms with Gasteiger partial charge in [-0.25, -0.2) is 19.9 Å². The number of aryl methyl sites for hydroxylation is 2. The van der Waals surface area contributed by atoms with Crippen molar-refractivity contribution in [1.29, 1.82) is 5.26 Å². The van der Waals surface area contributed by atoms with Gasteiger partial charge in [0.2, 0.25) is 0 Å². The molecule has 2 aromatic heterocycles. The maximum Gasteiger partial charge on any atom is 0.196 e. The van der Waals surface area contributed by atoms with Crippen LogP contribution in [0.25, 0.3) is 0 Å². The summed E-state index contributed by atoms with van der Waals surface area (Å²) < 4.78 is 0. The van der Waals surface area contributed by atoms with E-state index in [0.717, 1.165) is 11.4 Å². The summed E-state index contributed by atoms with van der Waals surface area (Å²) in [6, 6.07) is 5.46. The Morgan fingerprint density at radius 2 is 1.88 bits per heavy atom. The molecule has 0 aliphatic rings. The molecule has 0 bridgehead atoms. The van der Waals surface area contributed by atoms with E-state index >= 15 is 0 Å². The summed E-state index contributed by atoms with van der Waals surface area (Å²) >= 11 is 1.25. The topological polar surface area (TPSA) is 75.3 Å². The highest BCUT2D eigenvalue weighted by Gasteiger charge is 2.06. The molecule has 0 amide bonds. The van der Waals surface area contributed by atoms with E-state index in [0.29, 0.717) is 16.0 Å². The minimum atomic E-state index is 0.354. The first-order chi connectivity index (χ1) is 8.17. The molecule has 17 heavy (non-hydrogen) atoms. The molecule has 0 aliphatic carbocycles.